The third-order valence-corrected chi connectivity index (χ3v) is 3.29. The molecule has 6 heteroatoms. The molecule has 0 spiro atoms. The average Bonchev–Trinajstić information content (AvgIpc) is 2.34. The van der Waals surface area contributed by atoms with Gasteiger partial charge in [0.1, 0.15) is 11.2 Å². The second-order valence-corrected chi connectivity index (χ2v) is 8.88. The van der Waals surface area contributed by atoms with Crippen LogP contribution in [0, 0.1) is 0 Å². The summed E-state index contributed by atoms with van der Waals surface area (Å²) < 4.78 is 10.7. The quantitative estimate of drug-likeness (QED) is 0.587. The lowest BCUT2D eigenvalue weighted by atomic mass is 10.1. The van der Waals surface area contributed by atoms with Crippen LogP contribution in [0.2, 0.25) is 0 Å². The molecule has 1 rings (SSSR count). The summed E-state index contributed by atoms with van der Waals surface area (Å²) in [6, 6.07) is 7.08. The van der Waals surface area contributed by atoms with E-state index in [1.165, 1.54) is 0 Å². The number of carbonyl (C=O) groups excluding carboxylic acids is 2. The van der Waals surface area contributed by atoms with Crippen LogP contribution in [0.15, 0.2) is 24.3 Å². The van der Waals surface area contributed by atoms with E-state index >= 15 is 0 Å². The molecular formula is C18H26BrNO4. The average molecular weight is 400 g/mol. The number of halogens is 1. The van der Waals surface area contributed by atoms with Gasteiger partial charge in [-0.25, -0.2) is 9.59 Å². The fourth-order valence-corrected chi connectivity index (χ4v) is 2.09. The first kappa shape index (κ1) is 20.5. The minimum Gasteiger partial charge on any atom is -0.443 e. The monoisotopic (exact) mass is 399 g/mol. The highest BCUT2D eigenvalue weighted by Gasteiger charge is 2.32. The third kappa shape index (κ3) is 6.51. The van der Waals surface area contributed by atoms with Crippen molar-refractivity contribution in [1.82, 2.24) is 0 Å². The molecule has 0 heterocycles. The Bertz CT molecular complexity index is 555. The molecule has 0 fully saturated rings. The largest absolute Gasteiger partial charge is 0.443 e. The Hall–Kier alpha value is -1.56. The van der Waals surface area contributed by atoms with Gasteiger partial charge in [0, 0.05) is 4.83 Å². The topological polar surface area (TPSA) is 55.8 Å². The number of benzene rings is 1. The predicted octanol–water partition coefficient (Wildman–Crippen LogP) is 5.82. The maximum Gasteiger partial charge on any atom is 0.424 e. The molecule has 0 aliphatic rings. The van der Waals surface area contributed by atoms with E-state index in [1.807, 2.05) is 19.1 Å². The molecule has 0 N–H and O–H groups in total. The van der Waals surface area contributed by atoms with Gasteiger partial charge < -0.3 is 9.47 Å². The van der Waals surface area contributed by atoms with E-state index in [1.54, 1.807) is 53.7 Å². The highest BCUT2D eigenvalue weighted by molar-refractivity contribution is 9.09. The summed E-state index contributed by atoms with van der Waals surface area (Å²) >= 11 is 3.48. The Labute approximate surface area is 152 Å². The van der Waals surface area contributed by atoms with E-state index in [9.17, 15) is 9.59 Å². The number of alkyl halides is 1. The number of hydrogen-bond donors (Lipinski definition) is 0. The van der Waals surface area contributed by atoms with Gasteiger partial charge in [0.2, 0.25) is 0 Å². The number of amides is 2. The molecule has 134 valence electrons. The molecular weight excluding hydrogens is 374 g/mol. The lowest BCUT2D eigenvalue weighted by molar-refractivity contribution is 0.0431. The van der Waals surface area contributed by atoms with Crippen LogP contribution in [0.4, 0.5) is 15.3 Å². The first-order chi connectivity index (χ1) is 10.8. The zero-order valence-electron chi connectivity index (χ0n) is 15.3. The lowest BCUT2D eigenvalue weighted by Gasteiger charge is -2.28. The van der Waals surface area contributed by atoms with Crippen LogP contribution in [0.25, 0.3) is 0 Å². The molecule has 0 aromatic heterocycles. The fraction of sp³-hybridized carbons (Fsp3) is 0.556. The number of ether oxygens (including phenoxy) is 2. The van der Waals surface area contributed by atoms with Gasteiger partial charge >= 0.3 is 12.2 Å². The minimum absolute atomic E-state index is 0.169. The van der Waals surface area contributed by atoms with Crippen LogP contribution in [-0.4, -0.2) is 23.4 Å². The highest BCUT2D eigenvalue weighted by Crippen LogP contribution is 2.26. The van der Waals surface area contributed by atoms with Crippen molar-refractivity contribution in [2.24, 2.45) is 0 Å². The molecule has 0 saturated heterocycles. The van der Waals surface area contributed by atoms with Gasteiger partial charge in [0.25, 0.3) is 0 Å². The summed E-state index contributed by atoms with van der Waals surface area (Å²) in [5, 5.41) is 0. The van der Waals surface area contributed by atoms with Crippen molar-refractivity contribution < 1.29 is 19.1 Å². The first-order valence-electron chi connectivity index (χ1n) is 7.80. The SMILES string of the molecule is C[C@@H](Br)c1ccc(N(C(=O)OC(C)(C)C)C(=O)OC(C)(C)C)cc1. The van der Waals surface area contributed by atoms with Gasteiger partial charge in [0.05, 0.1) is 5.69 Å². The van der Waals surface area contributed by atoms with Crippen LogP contribution >= 0.6 is 15.9 Å². The maximum atomic E-state index is 12.5. The molecule has 0 aliphatic carbocycles. The summed E-state index contributed by atoms with van der Waals surface area (Å²) in [6.45, 7) is 12.5. The van der Waals surface area contributed by atoms with Crippen molar-refractivity contribution in [3.63, 3.8) is 0 Å². The molecule has 0 unspecified atom stereocenters. The van der Waals surface area contributed by atoms with E-state index in [-0.39, 0.29) is 4.83 Å². The van der Waals surface area contributed by atoms with Gasteiger partial charge in [-0.3, -0.25) is 0 Å². The van der Waals surface area contributed by atoms with Crippen LogP contribution in [0.5, 0.6) is 0 Å². The summed E-state index contributed by atoms with van der Waals surface area (Å²) in [5.41, 5.74) is -0.00830. The van der Waals surface area contributed by atoms with Crippen molar-refractivity contribution >= 4 is 33.8 Å². The second-order valence-electron chi connectivity index (χ2n) is 7.50. The number of rotatable bonds is 2. The molecule has 1 atom stereocenters. The number of imide groups is 1. The van der Waals surface area contributed by atoms with E-state index in [0.29, 0.717) is 5.69 Å². The molecule has 0 bridgehead atoms. The Balaban J connectivity index is 3.17. The molecule has 5 nitrogen and oxygen atoms in total. The molecule has 0 saturated carbocycles. The van der Waals surface area contributed by atoms with Gasteiger partial charge in [-0.15, -0.1) is 0 Å². The second kappa shape index (κ2) is 7.55. The van der Waals surface area contributed by atoms with Gasteiger partial charge in [-0.2, -0.15) is 4.90 Å². The zero-order chi connectivity index (χ0) is 18.7. The molecule has 0 aliphatic heterocycles. The zero-order valence-corrected chi connectivity index (χ0v) is 16.9. The summed E-state index contributed by atoms with van der Waals surface area (Å²) in [4.78, 5) is 26.1. The smallest absolute Gasteiger partial charge is 0.424 e. The van der Waals surface area contributed by atoms with E-state index < -0.39 is 23.4 Å². The Morgan fingerprint density at radius 2 is 1.29 bits per heavy atom. The molecule has 24 heavy (non-hydrogen) atoms. The Kier molecular flexibility index (Phi) is 6.45. The van der Waals surface area contributed by atoms with Crippen LogP contribution < -0.4 is 4.90 Å². The van der Waals surface area contributed by atoms with Crippen molar-refractivity contribution in [3.05, 3.63) is 29.8 Å². The first-order valence-corrected chi connectivity index (χ1v) is 8.72. The predicted molar refractivity (Wildman–Crippen MR) is 98.7 cm³/mol. The van der Waals surface area contributed by atoms with E-state index in [4.69, 9.17) is 9.47 Å². The number of hydrogen-bond acceptors (Lipinski definition) is 4. The summed E-state index contributed by atoms with van der Waals surface area (Å²) in [6.07, 6.45) is -1.53. The van der Waals surface area contributed by atoms with Crippen LogP contribution in [0.1, 0.15) is 58.9 Å². The van der Waals surface area contributed by atoms with Crippen molar-refractivity contribution in [2.75, 3.05) is 4.90 Å². The molecule has 1 aromatic rings. The maximum absolute atomic E-state index is 12.5. The number of nitrogens with zero attached hydrogens (tertiary/aromatic N) is 1. The number of carbonyl (C=O) groups is 2. The normalized spacial score (nSPS) is 13.2. The van der Waals surface area contributed by atoms with Crippen LogP contribution in [0.3, 0.4) is 0 Å². The van der Waals surface area contributed by atoms with Gasteiger partial charge in [-0.1, -0.05) is 28.1 Å². The van der Waals surface area contributed by atoms with Crippen molar-refractivity contribution in [1.29, 1.82) is 0 Å². The standard InChI is InChI=1S/C18H26BrNO4/c1-12(19)13-8-10-14(11-9-13)20(15(21)23-17(2,3)4)16(22)24-18(5,6)7/h8-12H,1-7H3/t12-/m1/s1. The van der Waals surface area contributed by atoms with Crippen molar-refractivity contribution in [3.8, 4) is 0 Å². The lowest BCUT2D eigenvalue weighted by Crippen LogP contribution is -2.43. The Morgan fingerprint density at radius 3 is 1.58 bits per heavy atom. The highest BCUT2D eigenvalue weighted by atomic mass is 79.9. The molecule has 2 amide bonds. The van der Waals surface area contributed by atoms with Gasteiger partial charge in [-0.05, 0) is 66.2 Å². The minimum atomic E-state index is -0.767. The van der Waals surface area contributed by atoms with Crippen molar-refractivity contribution in [2.45, 2.75) is 64.5 Å². The molecule has 1 aromatic carbocycles. The molecule has 0 radical (unpaired) electrons. The van der Waals surface area contributed by atoms with Gasteiger partial charge in [0.15, 0.2) is 0 Å². The van der Waals surface area contributed by atoms with Crippen LogP contribution in [-0.2, 0) is 9.47 Å². The Morgan fingerprint density at radius 1 is 0.917 bits per heavy atom. The number of anilines is 1. The fourth-order valence-electron chi connectivity index (χ4n) is 1.79. The summed E-state index contributed by atoms with van der Waals surface area (Å²) in [5.74, 6) is 0. The van der Waals surface area contributed by atoms with E-state index in [2.05, 4.69) is 15.9 Å². The third-order valence-electron chi connectivity index (χ3n) is 2.76. The summed E-state index contributed by atoms with van der Waals surface area (Å²) in [7, 11) is 0. The van der Waals surface area contributed by atoms with E-state index in [0.717, 1.165) is 10.5 Å².